The number of hydrogen-bond acceptors (Lipinski definition) is 1. The van der Waals surface area contributed by atoms with Gasteiger partial charge in [-0.1, -0.05) is 42.2 Å². The second kappa shape index (κ2) is 9.53. The van der Waals surface area contributed by atoms with Crippen LogP contribution in [0.2, 0.25) is 0 Å². The molecule has 0 aliphatic heterocycles. The topological polar surface area (TPSA) is 12.9 Å². The van der Waals surface area contributed by atoms with Gasteiger partial charge in [0.05, 0.1) is 11.3 Å². The van der Waals surface area contributed by atoms with Crippen molar-refractivity contribution in [1.29, 1.82) is 0 Å². The van der Waals surface area contributed by atoms with E-state index in [-0.39, 0.29) is 5.56 Å². The van der Waals surface area contributed by atoms with Gasteiger partial charge in [-0.2, -0.15) is 0 Å². The Morgan fingerprint density at radius 3 is 2.34 bits per heavy atom. The van der Waals surface area contributed by atoms with Crippen molar-refractivity contribution in [2.75, 3.05) is 0 Å². The van der Waals surface area contributed by atoms with Crippen molar-refractivity contribution >= 4 is 10.8 Å². The number of aryl methyl sites for hydroxylation is 1. The van der Waals surface area contributed by atoms with E-state index in [1.807, 2.05) is 31.3 Å². The van der Waals surface area contributed by atoms with Gasteiger partial charge in [0.1, 0.15) is 5.82 Å². The maximum Gasteiger partial charge on any atom is 0.159 e. The first kappa shape index (κ1) is 21.4. The molecule has 0 bridgehead atoms. The highest BCUT2D eigenvalue weighted by molar-refractivity contribution is 5.84. The zero-order valence-electron chi connectivity index (χ0n) is 17.5. The van der Waals surface area contributed by atoms with E-state index in [4.69, 9.17) is 0 Å². The van der Waals surface area contributed by atoms with Gasteiger partial charge in [0.25, 0.3) is 0 Å². The van der Waals surface area contributed by atoms with Gasteiger partial charge in [-0.25, -0.2) is 13.2 Å². The van der Waals surface area contributed by atoms with Gasteiger partial charge in [-0.05, 0) is 78.6 Å². The molecule has 0 spiro atoms. The number of allylic oxidation sites excluding steroid dienone is 2. The first-order chi connectivity index (χ1) is 15.5. The number of nitrogens with zero attached hydrogens (tertiary/aromatic N) is 1. The molecule has 0 radical (unpaired) electrons. The number of hydrogen-bond donors (Lipinski definition) is 0. The molecule has 4 heteroatoms. The van der Waals surface area contributed by atoms with Gasteiger partial charge in [0, 0.05) is 17.3 Å². The Balaban J connectivity index is 1.54. The molecule has 1 heterocycles. The zero-order valence-corrected chi connectivity index (χ0v) is 17.5. The second-order valence-electron chi connectivity index (χ2n) is 7.43. The first-order valence-electron chi connectivity index (χ1n) is 10.3. The molecule has 0 fully saturated rings. The minimum absolute atomic E-state index is 0.252. The Morgan fingerprint density at radius 1 is 0.812 bits per heavy atom. The summed E-state index contributed by atoms with van der Waals surface area (Å²) >= 11 is 0. The molecule has 1 nitrogen and oxygen atoms in total. The average molecular weight is 427 g/mol. The van der Waals surface area contributed by atoms with Gasteiger partial charge < -0.3 is 0 Å². The van der Waals surface area contributed by atoms with Gasteiger partial charge in [-0.15, -0.1) is 0 Å². The van der Waals surface area contributed by atoms with E-state index in [0.29, 0.717) is 27.6 Å². The van der Waals surface area contributed by atoms with E-state index >= 15 is 0 Å². The van der Waals surface area contributed by atoms with E-state index in [2.05, 4.69) is 22.9 Å². The number of fused-ring (bicyclic) bond motifs is 1. The Kier molecular flexibility index (Phi) is 6.37. The summed E-state index contributed by atoms with van der Waals surface area (Å²) in [6.07, 6.45) is 7.83. The van der Waals surface area contributed by atoms with Crippen molar-refractivity contribution in [3.8, 4) is 23.1 Å². The van der Waals surface area contributed by atoms with Crippen LogP contribution in [0, 0.1) is 29.3 Å². The summed E-state index contributed by atoms with van der Waals surface area (Å²) in [6, 6.07) is 16.0. The van der Waals surface area contributed by atoms with Crippen molar-refractivity contribution < 1.29 is 13.2 Å². The van der Waals surface area contributed by atoms with Gasteiger partial charge in [-0.3, -0.25) is 4.98 Å². The molecule has 0 aliphatic rings. The van der Waals surface area contributed by atoms with Crippen molar-refractivity contribution in [2.45, 2.75) is 19.8 Å². The number of halogens is 3. The van der Waals surface area contributed by atoms with Crippen LogP contribution in [0.5, 0.6) is 0 Å². The second-order valence-corrected chi connectivity index (χ2v) is 7.43. The lowest BCUT2D eigenvalue weighted by Gasteiger charge is -2.04. The lowest BCUT2D eigenvalue weighted by Crippen LogP contribution is -1.91. The van der Waals surface area contributed by atoms with E-state index < -0.39 is 17.5 Å². The van der Waals surface area contributed by atoms with Gasteiger partial charge in [0.2, 0.25) is 0 Å². The summed E-state index contributed by atoms with van der Waals surface area (Å²) in [5.74, 6) is 3.46. The molecule has 0 saturated carbocycles. The normalized spacial score (nSPS) is 11.0. The number of rotatable bonds is 4. The minimum atomic E-state index is -0.913. The van der Waals surface area contributed by atoms with E-state index in [1.54, 1.807) is 30.3 Å². The molecule has 32 heavy (non-hydrogen) atoms. The van der Waals surface area contributed by atoms with Crippen LogP contribution >= 0.6 is 0 Å². The number of benzene rings is 3. The molecule has 3 aromatic carbocycles. The smallest absolute Gasteiger partial charge is 0.159 e. The minimum Gasteiger partial charge on any atom is -0.256 e. The third-order valence-electron chi connectivity index (χ3n) is 5.15. The summed E-state index contributed by atoms with van der Waals surface area (Å²) in [7, 11) is 0. The maximum atomic E-state index is 14.6. The van der Waals surface area contributed by atoms with E-state index in [1.165, 1.54) is 6.07 Å². The number of aromatic nitrogens is 1. The summed E-state index contributed by atoms with van der Waals surface area (Å²) in [5, 5.41) is 1.11. The van der Waals surface area contributed by atoms with Gasteiger partial charge in [0.15, 0.2) is 11.6 Å². The molecular formula is C28H20F3N. The van der Waals surface area contributed by atoms with Crippen LogP contribution in [0.3, 0.4) is 0 Å². The Morgan fingerprint density at radius 2 is 1.62 bits per heavy atom. The van der Waals surface area contributed by atoms with Crippen LogP contribution < -0.4 is 0 Å². The maximum absolute atomic E-state index is 14.6. The zero-order chi connectivity index (χ0) is 22.5. The van der Waals surface area contributed by atoms with E-state index in [9.17, 15) is 13.2 Å². The van der Waals surface area contributed by atoms with Crippen LogP contribution in [-0.4, -0.2) is 4.98 Å². The molecule has 1 aromatic heterocycles. The Bertz CT molecular complexity index is 1360. The van der Waals surface area contributed by atoms with Crippen molar-refractivity contribution in [3.63, 3.8) is 0 Å². The molecule has 158 valence electrons. The summed E-state index contributed by atoms with van der Waals surface area (Å²) in [4.78, 5) is 4.45. The predicted octanol–water partition coefficient (Wildman–Crippen LogP) is 7.23. The number of pyridine rings is 1. The lowest BCUT2D eigenvalue weighted by molar-refractivity contribution is 0.511. The first-order valence-corrected chi connectivity index (χ1v) is 10.3. The van der Waals surface area contributed by atoms with Crippen LogP contribution in [-0.2, 0) is 6.42 Å². The standard InChI is InChI=1S/C28H20F3N/c1-2-3-4-5-20-8-13-28(32-18-20)23-12-11-21(25(29)16-23)9-6-19-7-10-22-15-26(30)27(31)17-24(22)14-19/h2-3,7-8,10-18H,4-5H2,1H3/b3-2+. The molecule has 0 saturated heterocycles. The van der Waals surface area contributed by atoms with E-state index in [0.717, 1.165) is 30.5 Å². The molecule has 4 aromatic rings. The lowest BCUT2D eigenvalue weighted by atomic mass is 10.0. The quantitative estimate of drug-likeness (QED) is 0.247. The Hall–Kier alpha value is -3.84. The highest BCUT2D eigenvalue weighted by Crippen LogP contribution is 2.22. The van der Waals surface area contributed by atoms with Crippen LogP contribution in [0.15, 0.2) is 79.0 Å². The summed E-state index contributed by atoms with van der Waals surface area (Å²) in [5.41, 5.74) is 3.34. The molecule has 0 amide bonds. The highest BCUT2D eigenvalue weighted by Gasteiger charge is 2.06. The van der Waals surface area contributed by atoms with Gasteiger partial charge >= 0.3 is 0 Å². The van der Waals surface area contributed by atoms with Crippen LogP contribution in [0.4, 0.5) is 13.2 Å². The summed E-state index contributed by atoms with van der Waals surface area (Å²) in [6.45, 7) is 2.00. The fraction of sp³-hybridized carbons (Fsp3) is 0.107. The predicted molar refractivity (Wildman–Crippen MR) is 123 cm³/mol. The monoisotopic (exact) mass is 427 g/mol. The molecule has 0 unspecified atom stereocenters. The molecule has 4 rings (SSSR count). The van der Waals surface area contributed by atoms with Crippen LogP contribution in [0.25, 0.3) is 22.0 Å². The fourth-order valence-electron chi connectivity index (χ4n) is 3.40. The van der Waals surface area contributed by atoms with Crippen LogP contribution in [0.1, 0.15) is 30.0 Å². The molecule has 0 atom stereocenters. The van der Waals surface area contributed by atoms with Crippen molar-refractivity contribution in [2.24, 2.45) is 0 Å². The fourth-order valence-corrected chi connectivity index (χ4v) is 3.40. The average Bonchev–Trinajstić information content (AvgIpc) is 2.80. The molecule has 0 aliphatic carbocycles. The SMILES string of the molecule is C/C=C/CCc1ccc(-c2ccc(C#Cc3ccc4cc(F)c(F)cc4c3)c(F)c2)nc1. The summed E-state index contributed by atoms with van der Waals surface area (Å²) < 4.78 is 41.5. The van der Waals surface area contributed by atoms with Crippen molar-refractivity contribution in [1.82, 2.24) is 4.98 Å². The largest absolute Gasteiger partial charge is 0.256 e. The molecular weight excluding hydrogens is 407 g/mol. The Labute approximate surface area is 185 Å². The third kappa shape index (κ3) is 4.90. The van der Waals surface area contributed by atoms with Crippen molar-refractivity contribution in [3.05, 3.63) is 113 Å². The highest BCUT2D eigenvalue weighted by atomic mass is 19.2. The third-order valence-corrected chi connectivity index (χ3v) is 5.15. The molecule has 0 N–H and O–H groups in total.